The molecule has 1 fully saturated rings. The first-order valence-corrected chi connectivity index (χ1v) is 9.95. The zero-order chi connectivity index (χ0) is 22.4. The van der Waals surface area contributed by atoms with Gasteiger partial charge >= 0.3 is 6.36 Å². The SMILES string of the molecule is CCNC(=NCc1ccc(OC)c(OC)c1)NC1CC1c1ccccc1OC(F)(F)F. The number of benzene rings is 2. The average molecular weight is 437 g/mol. The van der Waals surface area contributed by atoms with Gasteiger partial charge in [-0.15, -0.1) is 13.2 Å². The number of nitrogens with one attached hydrogen (secondary N) is 2. The normalized spacial score (nSPS) is 18.3. The summed E-state index contributed by atoms with van der Waals surface area (Å²) < 4.78 is 52.8. The molecular weight excluding hydrogens is 411 g/mol. The Morgan fingerprint density at radius 3 is 2.48 bits per heavy atom. The Kier molecular flexibility index (Phi) is 7.14. The van der Waals surface area contributed by atoms with E-state index in [1.807, 2.05) is 25.1 Å². The van der Waals surface area contributed by atoms with Crippen LogP contribution in [0.3, 0.4) is 0 Å². The second-order valence-electron chi connectivity index (χ2n) is 7.06. The Morgan fingerprint density at radius 2 is 1.81 bits per heavy atom. The summed E-state index contributed by atoms with van der Waals surface area (Å²) in [6, 6.07) is 11.8. The molecule has 0 aliphatic heterocycles. The lowest BCUT2D eigenvalue weighted by Gasteiger charge is -2.14. The maximum atomic E-state index is 12.7. The number of halogens is 3. The number of methoxy groups -OCH3 is 2. The van der Waals surface area contributed by atoms with Gasteiger partial charge in [0.2, 0.25) is 0 Å². The summed E-state index contributed by atoms with van der Waals surface area (Å²) in [5.74, 6) is 1.62. The van der Waals surface area contributed by atoms with Crippen molar-refractivity contribution in [2.24, 2.45) is 4.99 Å². The van der Waals surface area contributed by atoms with Crippen LogP contribution >= 0.6 is 0 Å². The van der Waals surface area contributed by atoms with Gasteiger partial charge in [0, 0.05) is 18.5 Å². The Bertz CT molecular complexity index is 918. The van der Waals surface area contributed by atoms with Crippen LogP contribution in [0.1, 0.15) is 30.4 Å². The van der Waals surface area contributed by atoms with Crippen molar-refractivity contribution in [2.45, 2.75) is 38.2 Å². The molecule has 0 radical (unpaired) electrons. The van der Waals surface area contributed by atoms with Gasteiger partial charge in [0.1, 0.15) is 5.75 Å². The van der Waals surface area contributed by atoms with Gasteiger partial charge in [0.05, 0.1) is 20.8 Å². The topological polar surface area (TPSA) is 64.1 Å². The molecule has 2 atom stereocenters. The molecule has 0 saturated heterocycles. The van der Waals surface area contributed by atoms with Gasteiger partial charge in [0.15, 0.2) is 17.5 Å². The maximum Gasteiger partial charge on any atom is 0.573 e. The Labute approximate surface area is 179 Å². The minimum Gasteiger partial charge on any atom is -0.493 e. The minimum atomic E-state index is -4.72. The van der Waals surface area contributed by atoms with Crippen molar-refractivity contribution >= 4 is 5.96 Å². The van der Waals surface area contributed by atoms with Crippen LogP contribution in [0.25, 0.3) is 0 Å². The van der Waals surface area contributed by atoms with E-state index < -0.39 is 6.36 Å². The van der Waals surface area contributed by atoms with Crippen molar-refractivity contribution in [3.63, 3.8) is 0 Å². The van der Waals surface area contributed by atoms with E-state index in [2.05, 4.69) is 20.4 Å². The molecule has 2 aromatic rings. The second-order valence-corrected chi connectivity index (χ2v) is 7.06. The quantitative estimate of drug-likeness (QED) is 0.479. The predicted molar refractivity (Wildman–Crippen MR) is 112 cm³/mol. The highest BCUT2D eigenvalue weighted by Crippen LogP contribution is 2.45. The molecule has 2 aromatic carbocycles. The smallest absolute Gasteiger partial charge is 0.493 e. The Hall–Kier alpha value is -3.10. The maximum absolute atomic E-state index is 12.7. The van der Waals surface area contributed by atoms with Gasteiger partial charge in [-0.1, -0.05) is 24.3 Å². The monoisotopic (exact) mass is 437 g/mol. The fourth-order valence-corrected chi connectivity index (χ4v) is 3.35. The van der Waals surface area contributed by atoms with E-state index in [0.717, 1.165) is 5.56 Å². The zero-order valence-corrected chi connectivity index (χ0v) is 17.6. The van der Waals surface area contributed by atoms with Crippen LogP contribution < -0.4 is 24.8 Å². The van der Waals surface area contributed by atoms with E-state index >= 15 is 0 Å². The van der Waals surface area contributed by atoms with Gasteiger partial charge in [-0.05, 0) is 42.7 Å². The zero-order valence-electron chi connectivity index (χ0n) is 17.6. The average Bonchev–Trinajstić information content (AvgIpc) is 3.50. The van der Waals surface area contributed by atoms with Crippen LogP contribution in [-0.4, -0.2) is 39.1 Å². The summed E-state index contributed by atoms with van der Waals surface area (Å²) >= 11 is 0. The van der Waals surface area contributed by atoms with Crippen molar-refractivity contribution < 1.29 is 27.4 Å². The third kappa shape index (κ3) is 6.19. The molecule has 2 unspecified atom stereocenters. The molecule has 31 heavy (non-hydrogen) atoms. The molecule has 0 aromatic heterocycles. The number of rotatable bonds is 8. The lowest BCUT2D eigenvalue weighted by Crippen LogP contribution is -2.39. The van der Waals surface area contributed by atoms with Crippen LogP contribution in [0.4, 0.5) is 13.2 Å². The molecule has 1 saturated carbocycles. The lowest BCUT2D eigenvalue weighted by molar-refractivity contribution is -0.274. The first-order valence-electron chi connectivity index (χ1n) is 9.95. The van der Waals surface area contributed by atoms with E-state index in [1.165, 1.54) is 12.1 Å². The lowest BCUT2D eigenvalue weighted by atomic mass is 10.1. The summed E-state index contributed by atoms with van der Waals surface area (Å²) in [6.45, 7) is 3.01. The molecule has 9 heteroatoms. The number of ether oxygens (including phenoxy) is 3. The van der Waals surface area contributed by atoms with E-state index in [9.17, 15) is 13.2 Å². The summed E-state index contributed by atoms with van der Waals surface area (Å²) in [5, 5.41) is 6.47. The fraction of sp³-hybridized carbons (Fsp3) is 0.409. The number of guanidine groups is 1. The molecular formula is C22H26F3N3O3. The largest absolute Gasteiger partial charge is 0.573 e. The van der Waals surface area contributed by atoms with Crippen LogP contribution in [0.15, 0.2) is 47.5 Å². The standard InChI is InChI=1S/C22H26F3N3O3/c1-4-26-21(27-13-14-9-10-19(29-2)20(11-14)30-3)28-17-12-16(17)15-7-5-6-8-18(15)31-22(23,24)25/h5-11,16-17H,4,12-13H2,1-3H3,(H2,26,27,28). The predicted octanol–water partition coefficient (Wildman–Crippen LogP) is 4.21. The van der Waals surface area contributed by atoms with E-state index in [0.29, 0.717) is 42.5 Å². The van der Waals surface area contributed by atoms with Crippen LogP contribution in [0.2, 0.25) is 0 Å². The van der Waals surface area contributed by atoms with E-state index in [4.69, 9.17) is 9.47 Å². The van der Waals surface area contributed by atoms with Crippen molar-refractivity contribution in [3.05, 3.63) is 53.6 Å². The number of hydrogen-bond acceptors (Lipinski definition) is 4. The van der Waals surface area contributed by atoms with E-state index in [-0.39, 0.29) is 17.7 Å². The van der Waals surface area contributed by atoms with Crippen molar-refractivity contribution in [1.82, 2.24) is 10.6 Å². The van der Waals surface area contributed by atoms with Gasteiger partial charge in [-0.2, -0.15) is 0 Å². The summed E-state index contributed by atoms with van der Waals surface area (Å²) in [5.41, 5.74) is 1.47. The first kappa shape index (κ1) is 22.6. The highest BCUT2D eigenvalue weighted by atomic mass is 19.4. The minimum absolute atomic E-state index is 0.0267. The van der Waals surface area contributed by atoms with Gasteiger partial charge < -0.3 is 24.8 Å². The molecule has 0 heterocycles. The van der Waals surface area contributed by atoms with Crippen LogP contribution in [0.5, 0.6) is 17.2 Å². The summed E-state index contributed by atoms with van der Waals surface area (Å²) in [6.07, 6.45) is -4.03. The summed E-state index contributed by atoms with van der Waals surface area (Å²) in [7, 11) is 3.15. The number of aliphatic imine (C=N–C) groups is 1. The van der Waals surface area contributed by atoms with Crippen LogP contribution in [0, 0.1) is 0 Å². The Morgan fingerprint density at radius 1 is 1.06 bits per heavy atom. The molecule has 1 aliphatic carbocycles. The first-order chi connectivity index (χ1) is 14.8. The fourth-order valence-electron chi connectivity index (χ4n) is 3.35. The third-order valence-electron chi connectivity index (χ3n) is 4.87. The van der Waals surface area contributed by atoms with Gasteiger partial charge in [-0.25, -0.2) is 4.99 Å². The van der Waals surface area contributed by atoms with Crippen molar-refractivity contribution in [2.75, 3.05) is 20.8 Å². The molecule has 168 valence electrons. The third-order valence-corrected chi connectivity index (χ3v) is 4.87. The number of hydrogen-bond donors (Lipinski definition) is 2. The molecule has 1 aliphatic rings. The number of alkyl halides is 3. The highest BCUT2D eigenvalue weighted by molar-refractivity contribution is 5.80. The second kappa shape index (κ2) is 9.80. The van der Waals surface area contributed by atoms with E-state index in [1.54, 1.807) is 26.4 Å². The molecule has 3 rings (SSSR count). The van der Waals surface area contributed by atoms with Gasteiger partial charge in [-0.3, -0.25) is 0 Å². The van der Waals surface area contributed by atoms with Crippen molar-refractivity contribution in [3.8, 4) is 17.2 Å². The highest BCUT2D eigenvalue weighted by Gasteiger charge is 2.42. The molecule has 0 spiro atoms. The van der Waals surface area contributed by atoms with Crippen LogP contribution in [-0.2, 0) is 6.54 Å². The molecule has 6 nitrogen and oxygen atoms in total. The molecule has 0 amide bonds. The molecule has 0 bridgehead atoms. The number of nitrogens with zero attached hydrogens (tertiary/aromatic N) is 1. The van der Waals surface area contributed by atoms with Gasteiger partial charge in [0.25, 0.3) is 0 Å². The summed E-state index contributed by atoms with van der Waals surface area (Å²) in [4.78, 5) is 4.59. The Balaban J connectivity index is 1.67. The van der Waals surface area contributed by atoms with Crippen molar-refractivity contribution in [1.29, 1.82) is 0 Å². The molecule has 2 N–H and O–H groups in total. The number of para-hydroxylation sites is 1.